The van der Waals surface area contributed by atoms with E-state index in [1.807, 2.05) is 0 Å². The van der Waals surface area contributed by atoms with E-state index >= 15 is 0 Å². The molecule has 1 aromatic rings. The number of hydrogen-bond acceptors (Lipinski definition) is 3. The van der Waals surface area contributed by atoms with Crippen LogP contribution in [0.2, 0.25) is 0 Å². The average molecular weight is 192 g/mol. The minimum atomic E-state index is -0.488. The predicted octanol–water partition coefficient (Wildman–Crippen LogP) is -0.614. The molecule has 68 valence electrons. The Hall–Kier alpha value is -1.23. The van der Waals surface area contributed by atoms with Gasteiger partial charge in [0.05, 0.1) is 5.56 Å². The molecule has 0 radical (unpaired) electrons. The van der Waals surface area contributed by atoms with E-state index in [1.54, 1.807) is 6.92 Å². The van der Waals surface area contributed by atoms with Gasteiger partial charge in [0.15, 0.2) is 0 Å². The van der Waals surface area contributed by atoms with Crippen LogP contribution in [0.5, 0.6) is 0 Å². The molecule has 12 heavy (non-hydrogen) atoms. The van der Waals surface area contributed by atoms with Crippen molar-refractivity contribution in [3.8, 4) is 0 Å². The average Bonchev–Trinajstić information content (AvgIpc) is 1.97. The largest absolute Gasteiger partial charge is 0.385 e. The van der Waals surface area contributed by atoms with Gasteiger partial charge in [-0.15, -0.1) is 12.4 Å². The number of anilines is 1. The molecule has 1 heterocycles. The molecule has 0 aliphatic heterocycles. The number of hydrogen-bond donors (Lipinski definition) is 2. The van der Waals surface area contributed by atoms with Crippen molar-refractivity contribution >= 4 is 18.2 Å². The van der Waals surface area contributed by atoms with E-state index in [0.29, 0.717) is 5.56 Å². The maximum atomic E-state index is 10.9. The zero-order valence-electron chi connectivity index (χ0n) is 6.75. The van der Waals surface area contributed by atoms with Gasteiger partial charge in [-0.25, -0.2) is 4.79 Å². The molecule has 1 rings (SSSR count). The van der Waals surface area contributed by atoms with E-state index in [-0.39, 0.29) is 18.2 Å². The third kappa shape index (κ3) is 1.50. The molecule has 0 aliphatic rings. The fourth-order valence-electron chi connectivity index (χ4n) is 0.752. The second-order valence-electron chi connectivity index (χ2n) is 2.33. The van der Waals surface area contributed by atoms with Crippen LogP contribution in [0.25, 0.3) is 0 Å². The zero-order chi connectivity index (χ0) is 8.59. The highest BCUT2D eigenvalue weighted by molar-refractivity contribution is 5.85. The Morgan fingerprint density at radius 1 is 1.42 bits per heavy atom. The molecule has 0 unspecified atom stereocenters. The summed E-state index contributed by atoms with van der Waals surface area (Å²) in [6.45, 7) is 1.56. The van der Waals surface area contributed by atoms with Gasteiger partial charge in [0.1, 0.15) is 5.82 Å². The molecule has 0 saturated heterocycles. The number of nitrogens with zero attached hydrogens (tertiary/aromatic N) is 1. The van der Waals surface area contributed by atoms with Crippen molar-refractivity contribution in [3.05, 3.63) is 26.4 Å². The lowest BCUT2D eigenvalue weighted by Crippen LogP contribution is -2.31. The van der Waals surface area contributed by atoms with Crippen LogP contribution < -0.4 is 17.0 Å². The van der Waals surface area contributed by atoms with Gasteiger partial charge in [-0.3, -0.25) is 14.3 Å². The quantitative estimate of drug-likeness (QED) is 0.574. The molecular weight excluding hydrogens is 182 g/mol. The summed E-state index contributed by atoms with van der Waals surface area (Å²) in [5.74, 6) is 0.207. The second kappa shape index (κ2) is 3.44. The Labute approximate surface area is 74.6 Å². The maximum absolute atomic E-state index is 10.9. The van der Waals surface area contributed by atoms with Crippen molar-refractivity contribution in [1.82, 2.24) is 9.55 Å². The Morgan fingerprint density at radius 3 is 2.42 bits per heavy atom. The monoisotopic (exact) mass is 191 g/mol. The summed E-state index contributed by atoms with van der Waals surface area (Å²) < 4.78 is 1.19. The van der Waals surface area contributed by atoms with Gasteiger partial charge >= 0.3 is 5.69 Å². The molecule has 0 aliphatic carbocycles. The van der Waals surface area contributed by atoms with Crippen molar-refractivity contribution in [2.24, 2.45) is 7.05 Å². The Morgan fingerprint density at radius 2 is 1.92 bits per heavy atom. The first-order valence-corrected chi connectivity index (χ1v) is 3.09. The standard InChI is InChI=1S/C6H9N3O2.ClH/c1-3-4(7)9(2)6(11)8-5(3)10;/h7H2,1-2H3,(H,8,10,11);1H. The summed E-state index contributed by atoms with van der Waals surface area (Å²) in [7, 11) is 1.50. The van der Waals surface area contributed by atoms with Crippen molar-refractivity contribution in [1.29, 1.82) is 0 Å². The van der Waals surface area contributed by atoms with E-state index < -0.39 is 11.2 Å². The highest BCUT2D eigenvalue weighted by atomic mass is 35.5. The summed E-state index contributed by atoms with van der Waals surface area (Å²) in [6.07, 6.45) is 0. The van der Waals surface area contributed by atoms with Crippen molar-refractivity contribution in [2.45, 2.75) is 6.92 Å². The number of halogens is 1. The van der Waals surface area contributed by atoms with E-state index in [1.165, 1.54) is 11.6 Å². The zero-order valence-corrected chi connectivity index (χ0v) is 7.57. The Balaban J connectivity index is 0.00000121. The van der Waals surface area contributed by atoms with Crippen LogP contribution >= 0.6 is 12.4 Å². The van der Waals surface area contributed by atoms with Crippen LogP contribution in [-0.4, -0.2) is 9.55 Å². The Bertz CT molecular complexity index is 359. The molecule has 0 saturated carbocycles. The van der Waals surface area contributed by atoms with Crippen molar-refractivity contribution < 1.29 is 0 Å². The van der Waals surface area contributed by atoms with Gasteiger partial charge in [-0.05, 0) is 6.92 Å². The minimum Gasteiger partial charge on any atom is -0.385 e. The Kier molecular flexibility index (Phi) is 3.09. The predicted molar refractivity (Wildman–Crippen MR) is 48.7 cm³/mol. The number of nitrogens with two attached hydrogens (primary N) is 1. The first-order valence-electron chi connectivity index (χ1n) is 3.09. The van der Waals surface area contributed by atoms with Gasteiger partial charge in [-0.1, -0.05) is 0 Å². The molecule has 0 fully saturated rings. The highest BCUT2D eigenvalue weighted by Crippen LogP contribution is 1.96. The summed E-state index contributed by atoms with van der Waals surface area (Å²) in [4.78, 5) is 23.8. The lowest BCUT2D eigenvalue weighted by atomic mass is 10.3. The van der Waals surface area contributed by atoms with E-state index in [4.69, 9.17) is 5.73 Å². The first-order chi connectivity index (χ1) is 5.04. The molecule has 6 heteroatoms. The number of nitrogen functional groups attached to an aromatic ring is 1. The van der Waals surface area contributed by atoms with Crippen LogP contribution in [0.15, 0.2) is 9.59 Å². The summed E-state index contributed by atoms with van der Waals surface area (Å²) in [5, 5.41) is 0. The SMILES string of the molecule is Cc1c(N)n(C)c(=O)[nH]c1=O.Cl. The number of aromatic amines is 1. The van der Waals surface area contributed by atoms with Gasteiger partial charge in [0.2, 0.25) is 0 Å². The molecule has 3 N–H and O–H groups in total. The van der Waals surface area contributed by atoms with Crippen molar-refractivity contribution in [3.63, 3.8) is 0 Å². The first kappa shape index (κ1) is 10.8. The maximum Gasteiger partial charge on any atom is 0.329 e. The lowest BCUT2D eigenvalue weighted by molar-refractivity contribution is 0.803. The van der Waals surface area contributed by atoms with Gasteiger partial charge in [-0.2, -0.15) is 0 Å². The molecule has 5 nitrogen and oxygen atoms in total. The van der Waals surface area contributed by atoms with E-state index in [9.17, 15) is 9.59 Å². The fraction of sp³-hybridized carbons (Fsp3) is 0.333. The van der Waals surface area contributed by atoms with Crippen LogP contribution in [-0.2, 0) is 7.05 Å². The normalized spacial score (nSPS) is 9.17. The van der Waals surface area contributed by atoms with Crippen molar-refractivity contribution in [2.75, 3.05) is 5.73 Å². The fourth-order valence-corrected chi connectivity index (χ4v) is 0.752. The molecule has 0 bridgehead atoms. The third-order valence-corrected chi connectivity index (χ3v) is 1.61. The minimum absolute atomic E-state index is 0. The smallest absolute Gasteiger partial charge is 0.329 e. The van der Waals surface area contributed by atoms with Gasteiger partial charge in [0.25, 0.3) is 5.56 Å². The van der Waals surface area contributed by atoms with Crippen LogP contribution in [0, 0.1) is 6.92 Å². The molecule has 0 atom stereocenters. The topological polar surface area (TPSA) is 80.9 Å². The highest BCUT2D eigenvalue weighted by Gasteiger charge is 2.02. The number of H-pyrrole nitrogens is 1. The molecule has 0 aromatic carbocycles. The lowest BCUT2D eigenvalue weighted by Gasteiger charge is -2.02. The second-order valence-corrected chi connectivity index (χ2v) is 2.33. The van der Waals surface area contributed by atoms with Crippen LogP contribution in [0.1, 0.15) is 5.56 Å². The number of rotatable bonds is 0. The third-order valence-electron chi connectivity index (χ3n) is 1.61. The van der Waals surface area contributed by atoms with Gasteiger partial charge < -0.3 is 5.73 Å². The van der Waals surface area contributed by atoms with Crippen LogP contribution in [0.4, 0.5) is 5.82 Å². The molecule has 0 spiro atoms. The summed E-state index contributed by atoms with van der Waals surface area (Å²) >= 11 is 0. The number of nitrogens with one attached hydrogen (secondary N) is 1. The van der Waals surface area contributed by atoms with Crippen LogP contribution in [0.3, 0.4) is 0 Å². The summed E-state index contributed by atoms with van der Waals surface area (Å²) in [6, 6.07) is 0. The van der Waals surface area contributed by atoms with Gasteiger partial charge in [0, 0.05) is 7.05 Å². The van der Waals surface area contributed by atoms with E-state index in [2.05, 4.69) is 4.98 Å². The summed E-state index contributed by atoms with van der Waals surface area (Å²) in [5.41, 5.74) is 4.88. The molecule has 1 aromatic heterocycles. The number of aromatic nitrogens is 2. The molecule has 0 amide bonds. The van der Waals surface area contributed by atoms with E-state index in [0.717, 1.165) is 0 Å². The molecular formula is C6H10ClN3O2.